The Hall–Kier alpha value is -4.49. The number of rotatable bonds is 7. The molecule has 0 aliphatic carbocycles. The van der Waals surface area contributed by atoms with Crippen LogP contribution in [0.3, 0.4) is 0 Å². The number of aromatic nitrogens is 1. The maximum Gasteiger partial charge on any atom is 0.380 e. The predicted octanol–water partition coefficient (Wildman–Crippen LogP) is 4.94. The van der Waals surface area contributed by atoms with Crippen LogP contribution in [-0.4, -0.2) is 31.8 Å². The minimum atomic E-state index is -4.52. The lowest BCUT2D eigenvalue weighted by Gasteiger charge is -2.16. The van der Waals surface area contributed by atoms with Crippen molar-refractivity contribution in [2.24, 2.45) is 0 Å². The molecule has 2 N–H and O–H groups in total. The zero-order valence-electron chi connectivity index (χ0n) is 21.3. The lowest BCUT2D eigenvalue weighted by molar-refractivity contribution is -0.658. The molecular weight excluding hydrogens is 568 g/mol. The fraction of sp³-hybridized carbons (Fsp3) is 0.0690. The van der Waals surface area contributed by atoms with Gasteiger partial charge in [-0.1, -0.05) is 72.8 Å². The smallest absolute Gasteiger partial charge is 0.380 e. The highest BCUT2D eigenvalue weighted by Crippen LogP contribution is 2.42. The molecule has 1 aromatic heterocycles. The average molecular weight is 592 g/mol. The monoisotopic (exact) mass is 591 g/mol. The molecule has 0 radical (unpaired) electrons. The van der Waals surface area contributed by atoms with Gasteiger partial charge in [0.1, 0.15) is 6.08 Å². The standard InChI is InChI=1S/C29H22N2O8S2/c32-40(33,34)18-30-24-15-22(20-7-3-1-4-8-20)11-13-26(24)38-28(30)17-29-31(19-41(35,36)37)25-16-23(12-14-27(25)39-29)21-9-5-2-6-10-21/h1-17H,18-19H2,(H-,32,33,34,35,36,37)/p+1. The molecule has 0 atom stereocenters. The number of fused-ring (bicyclic) bond motifs is 2. The summed E-state index contributed by atoms with van der Waals surface area (Å²) in [6.45, 7) is 0. The molecule has 0 spiro atoms. The van der Waals surface area contributed by atoms with E-state index in [1.807, 2.05) is 72.8 Å². The fourth-order valence-electron chi connectivity index (χ4n) is 4.74. The van der Waals surface area contributed by atoms with Gasteiger partial charge < -0.3 is 9.15 Å². The molecule has 208 valence electrons. The molecule has 2 heterocycles. The van der Waals surface area contributed by atoms with Crippen molar-refractivity contribution in [2.75, 3.05) is 10.8 Å². The summed E-state index contributed by atoms with van der Waals surface area (Å²) in [6.07, 6.45) is 1.32. The van der Waals surface area contributed by atoms with E-state index in [0.29, 0.717) is 22.5 Å². The van der Waals surface area contributed by atoms with Crippen molar-refractivity contribution in [1.29, 1.82) is 0 Å². The van der Waals surface area contributed by atoms with Crippen molar-refractivity contribution in [3.05, 3.63) is 109 Å². The van der Waals surface area contributed by atoms with E-state index in [4.69, 9.17) is 9.15 Å². The molecule has 1 aliphatic rings. The maximum atomic E-state index is 12.0. The van der Waals surface area contributed by atoms with Gasteiger partial charge in [0.2, 0.25) is 11.5 Å². The lowest BCUT2D eigenvalue weighted by Crippen LogP contribution is -2.39. The van der Waals surface area contributed by atoms with E-state index >= 15 is 0 Å². The van der Waals surface area contributed by atoms with Crippen LogP contribution in [0, 0.1) is 0 Å². The second-order valence-electron chi connectivity index (χ2n) is 9.40. The quantitative estimate of drug-likeness (QED) is 0.199. The van der Waals surface area contributed by atoms with Gasteiger partial charge in [-0.15, -0.1) is 4.57 Å². The molecule has 0 unspecified atom stereocenters. The van der Waals surface area contributed by atoms with Crippen molar-refractivity contribution in [1.82, 2.24) is 0 Å². The Morgan fingerprint density at radius 3 is 1.95 bits per heavy atom. The molecule has 5 aromatic rings. The minimum Gasteiger partial charge on any atom is -0.438 e. The first-order chi connectivity index (χ1) is 19.5. The highest BCUT2D eigenvalue weighted by atomic mass is 32.2. The van der Waals surface area contributed by atoms with Gasteiger partial charge in [0.05, 0.1) is 5.69 Å². The van der Waals surface area contributed by atoms with E-state index in [9.17, 15) is 25.9 Å². The molecule has 0 bridgehead atoms. The molecule has 1 aliphatic heterocycles. The summed E-state index contributed by atoms with van der Waals surface area (Å²) < 4.78 is 80.7. The predicted molar refractivity (Wildman–Crippen MR) is 153 cm³/mol. The normalized spacial score (nSPS) is 14.4. The first-order valence-corrected chi connectivity index (χ1v) is 15.5. The van der Waals surface area contributed by atoms with Crippen LogP contribution in [0.2, 0.25) is 0 Å². The molecule has 6 rings (SSSR count). The Balaban J connectivity index is 1.49. The number of nitrogens with zero attached hydrogens (tertiary/aromatic N) is 2. The summed E-state index contributed by atoms with van der Waals surface area (Å²) in [5, 5.41) is 0. The van der Waals surface area contributed by atoms with Gasteiger partial charge in [0.15, 0.2) is 11.6 Å². The number of oxazole rings is 1. The van der Waals surface area contributed by atoms with Crippen LogP contribution < -0.4 is 14.2 Å². The second-order valence-corrected chi connectivity index (χ2v) is 12.2. The minimum absolute atomic E-state index is 0.0331. The number of benzene rings is 4. The zero-order valence-corrected chi connectivity index (χ0v) is 22.9. The Morgan fingerprint density at radius 2 is 1.34 bits per heavy atom. The van der Waals surface area contributed by atoms with Crippen molar-refractivity contribution in [2.45, 2.75) is 5.88 Å². The van der Waals surface area contributed by atoms with Crippen LogP contribution in [0.5, 0.6) is 5.75 Å². The lowest BCUT2D eigenvalue weighted by atomic mass is 10.0. The summed E-state index contributed by atoms with van der Waals surface area (Å²) in [4.78, 5) is 1.25. The van der Waals surface area contributed by atoms with Gasteiger partial charge in [-0.2, -0.15) is 16.8 Å². The topological polar surface area (TPSA) is 138 Å². The van der Waals surface area contributed by atoms with Crippen LogP contribution in [-0.2, 0) is 26.1 Å². The van der Waals surface area contributed by atoms with E-state index in [-0.39, 0.29) is 11.8 Å². The van der Waals surface area contributed by atoms with Crippen molar-refractivity contribution in [3.8, 4) is 28.0 Å². The summed E-state index contributed by atoms with van der Waals surface area (Å²) in [5.74, 6) is -1.41. The Bertz CT molecular complexity index is 2020. The summed E-state index contributed by atoms with van der Waals surface area (Å²) >= 11 is 0. The number of hydrogen-bond acceptors (Lipinski definition) is 7. The maximum absolute atomic E-state index is 12.0. The highest BCUT2D eigenvalue weighted by molar-refractivity contribution is 7.85. The molecule has 10 nitrogen and oxygen atoms in total. The molecule has 4 aromatic carbocycles. The van der Waals surface area contributed by atoms with E-state index in [1.165, 1.54) is 15.5 Å². The third-order valence-corrected chi connectivity index (χ3v) is 7.68. The Labute approximate surface area is 235 Å². The highest BCUT2D eigenvalue weighted by Gasteiger charge is 2.34. The number of anilines is 1. The van der Waals surface area contributed by atoms with Crippen LogP contribution in [0.15, 0.2) is 107 Å². The van der Waals surface area contributed by atoms with Crippen molar-refractivity contribution < 1.29 is 39.7 Å². The molecule has 0 amide bonds. The fourth-order valence-corrected chi connectivity index (χ4v) is 5.92. The SMILES string of the molecule is O=S(=O)(O)CN1C(=Cc2oc3ccc(-c4ccccc4)cc3[n+]2CS(=O)(=O)O)Oc2ccc(-c3ccccc3)cc21. The third-order valence-electron chi connectivity index (χ3n) is 6.51. The number of ether oxygens (including phenoxy) is 1. The van der Waals surface area contributed by atoms with Crippen LogP contribution in [0.4, 0.5) is 5.69 Å². The molecule has 41 heavy (non-hydrogen) atoms. The van der Waals surface area contributed by atoms with E-state index in [1.54, 1.807) is 24.3 Å². The molecule has 0 saturated heterocycles. The van der Waals surface area contributed by atoms with E-state index < -0.39 is 32.0 Å². The van der Waals surface area contributed by atoms with Crippen LogP contribution in [0.25, 0.3) is 39.4 Å². The van der Waals surface area contributed by atoms with Crippen molar-refractivity contribution >= 4 is 43.1 Å². The Morgan fingerprint density at radius 1 is 0.732 bits per heavy atom. The first-order valence-electron chi connectivity index (χ1n) is 12.3. The van der Waals surface area contributed by atoms with Gasteiger partial charge in [-0.05, 0) is 40.5 Å². The molecule has 12 heteroatoms. The first kappa shape index (κ1) is 26.7. The second kappa shape index (κ2) is 10.2. The molecule has 0 fully saturated rings. The van der Waals surface area contributed by atoms with Gasteiger partial charge >= 0.3 is 16.0 Å². The largest absolute Gasteiger partial charge is 0.438 e. The summed E-state index contributed by atoms with van der Waals surface area (Å²) in [5.41, 5.74) is 4.41. The van der Waals surface area contributed by atoms with Gasteiger partial charge in [-0.25, -0.2) is 0 Å². The summed E-state index contributed by atoms with van der Waals surface area (Å²) in [7, 11) is -9.04. The third kappa shape index (κ3) is 5.72. The van der Waals surface area contributed by atoms with Gasteiger partial charge in [0, 0.05) is 6.07 Å². The van der Waals surface area contributed by atoms with Crippen LogP contribution in [0.1, 0.15) is 5.89 Å². The van der Waals surface area contributed by atoms with Gasteiger partial charge in [0.25, 0.3) is 21.5 Å². The zero-order chi connectivity index (χ0) is 28.8. The molecule has 0 saturated carbocycles. The molecular formula is C29H23N2O8S2+. The van der Waals surface area contributed by atoms with E-state index in [2.05, 4.69) is 0 Å². The van der Waals surface area contributed by atoms with Crippen LogP contribution >= 0.6 is 0 Å². The van der Waals surface area contributed by atoms with Crippen molar-refractivity contribution in [3.63, 3.8) is 0 Å². The average Bonchev–Trinajstić information content (AvgIpc) is 3.44. The Kier molecular flexibility index (Phi) is 6.62. The number of hydrogen-bond donors (Lipinski definition) is 2. The van der Waals surface area contributed by atoms with E-state index in [0.717, 1.165) is 22.3 Å². The summed E-state index contributed by atoms with van der Waals surface area (Å²) in [6, 6.07) is 29.3. The van der Waals surface area contributed by atoms with Gasteiger partial charge in [-0.3, -0.25) is 14.0 Å².